The molecule has 1 aromatic carbocycles. The zero-order valence-corrected chi connectivity index (χ0v) is 16.3. The van der Waals surface area contributed by atoms with Gasteiger partial charge in [0.1, 0.15) is 13.2 Å². The molecule has 0 saturated carbocycles. The summed E-state index contributed by atoms with van der Waals surface area (Å²) in [6.07, 6.45) is 2.81. The van der Waals surface area contributed by atoms with Gasteiger partial charge in [-0.1, -0.05) is 43.5 Å². The Morgan fingerprint density at radius 3 is 2.00 bits per heavy atom. The van der Waals surface area contributed by atoms with Crippen molar-refractivity contribution < 1.29 is 24.0 Å². The van der Waals surface area contributed by atoms with Crippen molar-refractivity contribution in [1.29, 1.82) is 0 Å². The van der Waals surface area contributed by atoms with Crippen molar-refractivity contribution in [1.82, 2.24) is 5.32 Å². The van der Waals surface area contributed by atoms with Crippen LogP contribution in [0.1, 0.15) is 25.3 Å². The number of allylic oxidation sites excluding steroid dienone is 2. The van der Waals surface area contributed by atoms with Crippen LogP contribution in [0, 0.1) is 10.1 Å². The lowest BCUT2D eigenvalue weighted by molar-refractivity contribution is -0.385. The van der Waals surface area contributed by atoms with Crippen LogP contribution in [0.4, 0.5) is 5.69 Å². The Morgan fingerprint density at radius 1 is 1.07 bits per heavy atom. The normalized spacial score (nSPS) is 14.1. The number of rotatable bonds is 8. The second-order valence-corrected chi connectivity index (χ2v) is 6.23. The largest absolute Gasteiger partial charge is 0.458 e. The maximum atomic E-state index is 12.8. The van der Waals surface area contributed by atoms with E-state index in [4.69, 9.17) is 9.47 Å². The Bertz CT molecular complexity index is 883. The van der Waals surface area contributed by atoms with Crippen LogP contribution in [0.3, 0.4) is 0 Å². The molecule has 1 aromatic rings. The number of nitro groups is 1. The molecule has 8 heteroatoms. The molecular weight excluding hydrogens is 376 g/mol. The van der Waals surface area contributed by atoms with Crippen molar-refractivity contribution >= 4 is 17.6 Å². The lowest BCUT2D eigenvalue weighted by atomic mass is 9.79. The second kappa shape index (κ2) is 9.50. The van der Waals surface area contributed by atoms with Crippen LogP contribution in [0.2, 0.25) is 0 Å². The molecule has 0 spiro atoms. The number of dihydropyridines is 1. The van der Waals surface area contributed by atoms with Gasteiger partial charge in [0.25, 0.3) is 5.69 Å². The van der Waals surface area contributed by atoms with Crippen LogP contribution < -0.4 is 5.32 Å². The van der Waals surface area contributed by atoms with E-state index in [9.17, 15) is 19.7 Å². The smallest absolute Gasteiger partial charge is 0.337 e. The highest BCUT2D eigenvalue weighted by atomic mass is 16.6. The molecule has 0 unspecified atom stereocenters. The van der Waals surface area contributed by atoms with Crippen molar-refractivity contribution in [3.05, 3.63) is 87.8 Å². The number of benzene rings is 1. The molecule has 2 rings (SSSR count). The van der Waals surface area contributed by atoms with E-state index >= 15 is 0 Å². The molecule has 1 aliphatic heterocycles. The van der Waals surface area contributed by atoms with Crippen LogP contribution in [0.25, 0.3) is 0 Å². The summed E-state index contributed by atoms with van der Waals surface area (Å²) in [5, 5.41) is 14.6. The summed E-state index contributed by atoms with van der Waals surface area (Å²) in [7, 11) is 0. The SMILES string of the molecule is C=CCOC(=O)C1=C(C)NC(C)=C(C(=O)OCC=C)C1c1ccccc1[N+](=O)[O-]. The number of hydrogen-bond acceptors (Lipinski definition) is 7. The lowest BCUT2D eigenvalue weighted by Crippen LogP contribution is -2.33. The number of carbonyl (C=O) groups excluding carboxylic acids is 2. The number of carbonyl (C=O) groups is 2. The first-order valence-corrected chi connectivity index (χ1v) is 8.81. The fourth-order valence-corrected chi connectivity index (χ4v) is 3.17. The van der Waals surface area contributed by atoms with Gasteiger partial charge in [-0.25, -0.2) is 9.59 Å². The molecule has 0 aliphatic carbocycles. The zero-order valence-electron chi connectivity index (χ0n) is 16.3. The van der Waals surface area contributed by atoms with Gasteiger partial charge in [0, 0.05) is 23.0 Å². The maximum absolute atomic E-state index is 12.8. The quantitative estimate of drug-likeness (QED) is 0.310. The van der Waals surface area contributed by atoms with Gasteiger partial charge in [0.15, 0.2) is 0 Å². The van der Waals surface area contributed by atoms with Gasteiger partial charge in [-0.05, 0) is 13.8 Å². The zero-order chi connectivity index (χ0) is 21.6. The molecule has 1 aliphatic rings. The predicted octanol–water partition coefficient (Wildman–Crippen LogP) is 3.29. The number of esters is 2. The van der Waals surface area contributed by atoms with Crippen LogP contribution in [-0.2, 0) is 19.1 Å². The standard InChI is InChI=1S/C21H22N2O6/c1-5-11-28-20(24)17-13(3)22-14(4)18(21(25)29-12-6-2)19(17)15-9-7-8-10-16(15)23(26)27/h5-10,19,22H,1-2,11-12H2,3-4H3. The molecule has 1 N–H and O–H groups in total. The first-order chi connectivity index (χ1) is 13.8. The first-order valence-electron chi connectivity index (χ1n) is 8.81. The number of para-hydroxylation sites is 1. The highest BCUT2D eigenvalue weighted by molar-refractivity contribution is 6.00. The van der Waals surface area contributed by atoms with E-state index in [2.05, 4.69) is 18.5 Å². The van der Waals surface area contributed by atoms with Crippen molar-refractivity contribution in [3.8, 4) is 0 Å². The van der Waals surface area contributed by atoms with Crippen LogP contribution in [-0.4, -0.2) is 30.1 Å². The van der Waals surface area contributed by atoms with Gasteiger partial charge < -0.3 is 14.8 Å². The van der Waals surface area contributed by atoms with E-state index in [0.29, 0.717) is 11.4 Å². The van der Waals surface area contributed by atoms with Gasteiger partial charge in [0.05, 0.1) is 22.0 Å². The number of hydrogen-bond donors (Lipinski definition) is 1. The molecule has 0 fully saturated rings. The minimum atomic E-state index is -1.03. The van der Waals surface area contributed by atoms with Gasteiger partial charge in [0.2, 0.25) is 0 Å². The topological polar surface area (TPSA) is 108 Å². The summed E-state index contributed by atoms with van der Waals surface area (Å²) in [6.45, 7) is 10.2. The molecule has 0 bridgehead atoms. The molecule has 0 radical (unpaired) electrons. The predicted molar refractivity (Wildman–Crippen MR) is 107 cm³/mol. The van der Waals surface area contributed by atoms with E-state index in [1.807, 2.05) is 0 Å². The molecule has 1 heterocycles. The number of nitro benzene ring substituents is 1. The van der Waals surface area contributed by atoms with Crippen molar-refractivity contribution in [2.75, 3.05) is 13.2 Å². The van der Waals surface area contributed by atoms with Crippen molar-refractivity contribution in [3.63, 3.8) is 0 Å². The van der Waals surface area contributed by atoms with Gasteiger partial charge in [-0.3, -0.25) is 10.1 Å². The number of ether oxygens (including phenoxy) is 2. The minimum Gasteiger partial charge on any atom is -0.458 e. The van der Waals surface area contributed by atoms with Gasteiger partial charge in [-0.15, -0.1) is 0 Å². The Morgan fingerprint density at radius 2 is 1.55 bits per heavy atom. The van der Waals surface area contributed by atoms with Crippen molar-refractivity contribution in [2.45, 2.75) is 19.8 Å². The summed E-state index contributed by atoms with van der Waals surface area (Å²) in [6, 6.07) is 5.95. The Labute approximate surface area is 168 Å². The Balaban J connectivity index is 2.71. The molecule has 29 heavy (non-hydrogen) atoms. The third-order valence-electron chi connectivity index (χ3n) is 4.31. The monoisotopic (exact) mass is 398 g/mol. The first kappa shape index (κ1) is 21.6. The average molecular weight is 398 g/mol. The van der Waals surface area contributed by atoms with E-state index in [1.54, 1.807) is 19.9 Å². The molecule has 0 atom stereocenters. The third-order valence-corrected chi connectivity index (χ3v) is 4.31. The Hall–Kier alpha value is -3.68. The average Bonchev–Trinajstić information content (AvgIpc) is 2.69. The van der Waals surface area contributed by atoms with Crippen LogP contribution in [0.15, 0.2) is 72.1 Å². The molecule has 0 amide bonds. The molecule has 0 aromatic heterocycles. The van der Waals surface area contributed by atoms with E-state index in [-0.39, 0.29) is 35.6 Å². The third kappa shape index (κ3) is 4.60. The summed E-state index contributed by atoms with van der Waals surface area (Å²) in [5.41, 5.74) is 1.02. The lowest BCUT2D eigenvalue weighted by Gasteiger charge is -2.30. The summed E-state index contributed by atoms with van der Waals surface area (Å²) in [4.78, 5) is 36.7. The summed E-state index contributed by atoms with van der Waals surface area (Å²) in [5.74, 6) is -2.45. The Kier molecular flexibility index (Phi) is 7.08. The summed E-state index contributed by atoms with van der Waals surface area (Å²) < 4.78 is 10.4. The van der Waals surface area contributed by atoms with E-state index < -0.39 is 22.8 Å². The molecule has 0 saturated heterocycles. The number of nitrogens with zero attached hydrogens (tertiary/aromatic N) is 1. The van der Waals surface area contributed by atoms with E-state index in [0.717, 1.165) is 0 Å². The molecular formula is C21H22N2O6. The maximum Gasteiger partial charge on any atom is 0.337 e. The molecule has 152 valence electrons. The highest BCUT2D eigenvalue weighted by Crippen LogP contribution is 2.42. The van der Waals surface area contributed by atoms with Crippen molar-refractivity contribution in [2.24, 2.45) is 0 Å². The minimum absolute atomic E-state index is 0.0435. The number of nitrogens with one attached hydrogen (secondary N) is 1. The highest BCUT2D eigenvalue weighted by Gasteiger charge is 2.40. The van der Waals surface area contributed by atoms with Crippen LogP contribution >= 0.6 is 0 Å². The molecule has 8 nitrogen and oxygen atoms in total. The van der Waals surface area contributed by atoms with Crippen LogP contribution in [0.5, 0.6) is 0 Å². The van der Waals surface area contributed by atoms with E-state index in [1.165, 1.54) is 30.4 Å². The second-order valence-electron chi connectivity index (χ2n) is 6.23. The van der Waals surface area contributed by atoms with Gasteiger partial charge >= 0.3 is 11.9 Å². The fourth-order valence-electron chi connectivity index (χ4n) is 3.17. The summed E-state index contributed by atoms with van der Waals surface area (Å²) >= 11 is 0. The fraction of sp³-hybridized carbons (Fsp3) is 0.238. The van der Waals surface area contributed by atoms with Gasteiger partial charge in [-0.2, -0.15) is 0 Å².